The van der Waals surface area contributed by atoms with Gasteiger partial charge in [0.25, 0.3) is 0 Å². The van der Waals surface area contributed by atoms with Gasteiger partial charge in [-0.25, -0.2) is 4.79 Å². The molecule has 2 atom stereocenters. The Morgan fingerprint density at radius 3 is 3.05 bits per heavy atom. The summed E-state index contributed by atoms with van der Waals surface area (Å²) in [6.45, 7) is 2.85. The zero-order valence-electron chi connectivity index (χ0n) is 12.1. The fourth-order valence-corrected chi connectivity index (χ4v) is 2.98. The van der Waals surface area contributed by atoms with Gasteiger partial charge in [0.2, 0.25) is 5.76 Å². The van der Waals surface area contributed by atoms with E-state index in [1.807, 2.05) is 0 Å². The highest BCUT2D eigenvalue weighted by molar-refractivity contribution is 5.86. The van der Waals surface area contributed by atoms with Gasteiger partial charge in [0.15, 0.2) is 0 Å². The summed E-state index contributed by atoms with van der Waals surface area (Å²) < 4.78 is 10.0. The molecule has 0 aliphatic heterocycles. The summed E-state index contributed by atoms with van der Waals surface area (Å²) in [6.07, 6.45) is 4.28. The van der Waals surface area contributed by atoms with Crippen LogP contribution in [0, 0.1) is 5.92 Å². The second-order valence-corrected chi connectivity index (χ2v) is 5.75. The average molecular weight is 281 g/mol. The van der Waals surface area contributed by atoms with Crippen LogP contribution in [0.25, 0.3) is 0 Å². The van der Waals surface area contributed by atoms with Gasteiger partial charge >= 0.3 is 5.97 Å². The summed E-state index contributed by atoms with van der Waals surface area (Å²) in [7, 11) is 1.33. The predicted molar refractivity (Wildman–Crippen MR) is 74.3 cm³/mol. The Bertz CT molecular complexity index is 456. The number of ether oxygens (including phenoxy) is 1. The van der Waals surface area contributed by atoms with Crippen molar-refractivity contribution in [2.24, 2.45) is 5.92 Å². The highest BCUT2D eigenvalue weighted by Crippen LogP contribution is 2.32. The Morgan fingerprint density at radius 1 is 1.60 bits per heavy atom. The first-order chi connectivity index (χ1) is 9.58. The SMILES string of the molecule is COC(=O)c1ccc(CNC2(CO)CCCC(C)C2)o1. The van der Waals surface area contributed by atoms with Crippen molar-refractivity contribution in [3.63, 3.8) is 0 Å². The lowest BCUT2D eigenvalue weighted by Gasteiger charge is -2.39. The van der Waals surface area contributed by atoms with Crippen molar-refractivity contribution in [3.05, 3.63) is 23.7 Å². The molecule has 5 heteroatoms. The number of esters is 1. The van der Waals surface area contributed by atoms with Gasteiger partial charge in [0.05, 0.1) is 20.3 Å². The lowest BCUT2D eigenvalue weighted by molar-refractivity contribution is 0.0561. The van der Waals surface area contributed by atoms with Crippen LogP contribution in [0.3, 0.4) is 0 Å². The molecule has 1 heterocycles. The van der Waals surface area contributed by atoms with Gasteiger partial charge in [-0.3, -0.25) is 0 Å². The van der Waals surface area contributed by atoms with Crippen molar-refractivity contribution in [3.8, 4) is 0 Å². The van der Waals surface area contributed by atoms with Gasteiger partial charge < -0.3 is 19.6 Å². The van der Waals surface area contributed by atoms with Crippen molar-refractivity contribution in [2.45, 2.75) is 44.7 Å². The maximum Gasteiger partial charge on any atom is 0.373 e. The molecular weight excluding hydrogens is 258 g/mol. The molecule has 1 aliphatic rings. The van der Waals surface area contributed by atoms with E-state index in [9.17, 15) is 9.90 Å². The van der Waals surface area contributed by atoms with Crippen LogP contribution < -0.4 is 5.32 Å². The predicted octanol–water partition coefficient (Wildman–Crippen LogP) is 2.10. The third-order valence-electron chi connectivity index (χ3n) is 4.08. The fraction of sp³-hybridized carbons (Fsp3) is 0.667. The molecule has 20 heavy (non-hydrogen) atoms. The van der Waals surface area contributed by atoms with Crippen LogP contribution in [-0.2, 0) is 11.3 Å². The van der Waals surface area contributed by atoms with E-state index in [2.05, 4.69) is 17.0 Å². The van der Waals surface area contributed by atoms with Gasteiger partial charge in [-0.05, 0) is 30.9 Å². The number of nitrogens with one attached hydrogen (secondary N) is 1. The molecule has 0 bridgehead atoms. The Labute approximate surface area is 119 Å². The summed E-state index contributed by atoms with van der Waals surface area (Å²) in [5.74, 6) is 1.03. The summed E-state index contributed by atoms with van der Waals surface area (Å²) in [5, 5.41) is 13.1. The average Bonchev–Trinajstić information content (AvgIpc) is 2.93. The first-order valence-electron chi connectivity index (χ1n) is 7.11. The van der Waals surface area contributed by atoms with Crippen LogP contribution in [0.4, 0.5) is 0 Å². The van der Waals surface area contributed by atoms with E-state index < -0.39 is 5.97 Å². The molecule has 5 nitrogen and oxygen atoms in total. The monoisotopic (exact) mass is 281 g/mol. The largest absolute Gasteiger partial charge is 0.463 e. The Morgan fingerprint density at radius 2 is 2.40 bits per heavy atom. The van der Waals surface area contributed by atoms with Crippen molar-refractivity contribution in [2.75, 3.05) is 13.7 Å². The number of methoxy groups -OCH3 is 1. The summed E-state index contributed by atoms with van der Waals surface area (Å²) in [4.78, 5) is 11.3. The molecule has 0 spiro atoms. The molecule has 0 amide bonds. The lowest BCUT2D eigenvalue weighted by atomic mass is 9.77. The topological polar surface area (TPSA) is 71.7 Å². The van der Waals surface area contributed by atoms with E-state index in [1.54, 1.807) is 12.1 Å². The molecular formula is C15H23NO4. The summed E-state index contributed by atoms with van der Waals surface area (Å²) in [6, 6.07) is 3.37. The van der Waals surface area contributed by atoms with Crippen molar-refractivity contribution < 1.29 is 19.1 Å². The number of aliphatic hydroxyl groups excluding tert-OH is 1. The van der Waals surface area contributed by atoms with Gasteiger partial charge in [0.1, 0.15) is 5.76 Å². The molecule has 1 aromatic rings. The number of carbonyl (C=O) groups is 1. The summed E-state index contributed by atoms with van der Waals surface area (Å²) in [5.41, 5.74) is -0.226. The molecule has 1 fully saturated rings. The minimum atomic E-state index is -0.473. The number of hydrogen-bond donors (Lipinski definition) is 2. The zero-order chi connectivity index (χ0) is 14.6. The molecule has 2 N–H and O–H groups in total. The maximum absolute atomic E-state index is 11.3. The van der Waals surface area contributed by atoms with Crippen LogP contribution in [-0.4, -0.2) is 30.3 Å². The van der Waals surface area contributed by atoms with Crippen LogP contribution >= 0.6 is 0 Å². The molecule has 2 rings (SSSR count). The van der Waals surface area contributed by atoms with E-state index in [4.69, 9.17) is 4.42 Å². The quantitative estimate of drug-likeness (QED) is 0.809. The van der Waals surface area contributed by atoms with Crippen molar-refractivity contribution in [1.82, 2.24) is 5.32 Å². The Hall–Kier alpha value is -1.33. The second-order valence-electron chi connectivity index (χ2n) is 5.75. The third-order valence-corrected chi connectivity index (χ3v) is 4.08. The van der Waals surface area contributed by atoms with Crippen LogP contribution in [0.2, 0.25) is 0 Å². The first kappa shape index (κ1) is 15.1. The smallest absolute Gasteiger partial charge is 0.373 e. The fourth-order valence-electron chi connectivity index (χ4n) is 2.98. The van der Waals surface area contributed by atoms with Crippen molar-refractivity contribution in [1.29, 1.82) is 0 Å². The first-order valence-corrected chi connectivity index (χ1v) is 7.11. The standard InChI is InChI=1S/C15H23NO4/c1-11-4-3-7-15(8-11,10-17)16-9-12-5-6-13(20-12)14(18)19-2/h5-6,11,16-17H,3-4,7-10H2,1-2H3. The van der Waals surface area contributed by atoms with Crippen LogP contribution in [0.5, 0.6) is 0 Å². The molecule has 0 radical (unpaired) electrons. The van der Waals surface area contributed by atoms with Gasteiger partial charge in [0, 0.05) is 5.54 Å². The maximum atomic E-state index is 11.3. The highest BCUT2D eigenvalue weighted by Gasteiger charge is 2.34. The Kier molecular flexibility index (Phi) is 4.83. The van der Waals surface area contributed by atoms with Gasteiger partial charge in [-0.2, -0.15) is 0 Å². The van der Waals surface area contributed by atoms with Gasteiger partial charge in [-0.1, -0.05) is 19.8 Å². The minimum absolute atomic E-state index is 0.127. The van der Waals surface area contributed by atoms with Crippen LogP contribution in [0.15, 0.2) is 16.5 Å². The number of rotatable bonds is 5. The van der Waals surface area contributed by atoms with Crippen LogP contribution in [0.1, 0.15) is 48.9 Å². The molecule has 0 aromatic carbocycles. The second kappa shape index (κ2) is 6.41. The molecule has 1 saturated carbocycles. The molecule has 2 unspecified atom stereocenters. The summed E-state index contributed by atoms with van der Waals surface area (Å²) >= 11 is 0. The van der Waals surface area contributed by atoms with E-state index >= 15 is 0 Å². The third kappa shape index (κ3) is 3.41. The van der Waals surface area contributed by atoms with E-state index in [1.165, 1.54) is 13.5 Å². The normalized spacial score (nSPS) is 26.4. The van der Waals surface area contributed by atoms with Crippen molar-refractivity contribution >= 4 is 5.97 Å². The van der Waals surface area contributed by atoms with E-state index in [0.29, 0.717) is 18.2 Å². The number of furan rings is 1. The number of aliphatic hydroxyl groups is 1. The van der Waals surface area contributed by atoms with E-state index in [0.717, 1.165) is 19.3 Å². The van der Waals surface area contributed by atoms with E-state index in [-0.39, 0.29) is 17.9 Å². The minimum Gasteiger partial charge on any atom is -0.463 e. The zero-order valence-corrected chi connectivity index (χ0v) is 12.1. The molecule has 1 aromatic heterocycles. The number of carbonyl (C=O) groups excluding carboxylic acids is 1. The number of hydrogen-bond acceptors (Lipinski definition) is 5. The molecule has 112 valence electrons. The molecule has 0 saturated heterocycles. The Balaban J connectivity index is 1.96. The lowest BCUT2D eigenvalue weighted by Crippen LogP contribution is -2.51. The molecule has 1 aliphatic carbocycles. The highest BCUT2D eigenvalue weighted by atomic mass is 16.5. The van der Waals surface area contributed by atoms with Gasteiger partial charge in [-0.15, -0.1) is 0 Å².